The molecule has 0 amide bonds. The largest absolute Gasteiger partial charge is 0.466 e. The highest BCUT2D eigenvalue weighted by Crippen LogP contribution is 2.24. The lowest BCUT2D eigenvalue weighted by molar-refractivity contribution is 0.500. The van der Waals surface area contributed by atoms with Crippen molar-refractivity contribution in [2.24, 2.45) is 5.73 Å². The summed E-state index contributed by atoms with van der Waals surface area (Å²) in [6, 6.07) is 5.89. The van der Waals surface area contributed by atoms with Gasteiger partial charge in [0.2, 0.25) is 0 Å². The maximum atomic E-state index is 5.68. The molecule has 0 saturated carbocycles. The van der Waals surface area contributed by atoms with Crippen molar-refractivity contribution in [1.82, 2.24) is 4.98 Å². The highest BCUT2D eigenvalue weighted by Gasteiger charge is 2.13. The second-order valence-corrected chi connectivity index (χ2v) is 5.42. The first kappa shape index (κ1) is 14.5. The molecule has 1 unspecified atom stereocenters. The molecule has 0 saturated heterocycles. The lowest BCUT2D eigenvalue weighted by atomic mass is 10.1. The minimum atomic E-state index is 0.0981. The van der Waals surface area contributed by atoms with Crippen molar-refractivity contribution in [2.45, 2.75) is 33.7 Å². The van der Waals surface area contributed by atoms with E-state index in [1.165, 1.54) is 0 Å². The van der Waals surface area contributed by atoms with Gasteiger partial charge in [0.25, 0.3) is 0 Å². The number of pyridine rings is 1. The maximum absolute atomic E-state index is 5.68. The Kier molecular flexibility index (Phi) is 4.09. The molecular formula is C15H19N3OS. The van der Waals surface area contributed by atoms with Crippen LogP contribution in [0.2, 0.25) is 0 Å². The van der Waals surface area contributed by atoms with Crippen LogP contribution < -0.4 is 11.1 Å². The number of anilines is 1. The Morgan fingerprint density at radius 2 is 2.00 bits per heavy atom. The summed E-state index contributed by atoms with van der Waals surface area (Å²) in [7, 11) is 0. The number of aromatic nitrogens is 1. The molecule has 0 radical (unpaired) electrons. The fourth-order valence-corrected chi connectivity index (χ4v) is 2.38. The van der Waals surface area contributed by atoms with Crippen LogP contribution in [0, 0.1) is 20.8 Å². The Bertz CT molecular complexity index is 649. The third kappa shape index (κ3) is 3.17. The smallest absolute Gasteiger partial charge is 0.127 e. The Balaban J connectivity index is 2.25. The van der Waals surface area contributed by atoms with Gasteiger partial charge in [0.05, 0.1) is 6.04 Å². The van der Waals surface area contributed by atoms with E-state index in [9.17, 15) is 0 Å². The quantitative estimate of drug-likeness (QED) is 0.844. The topological polar surface area (TPSA) is 64.1 Å². The Morgan fingerprint density at radius 3 is 2.55 bits per heavy atom. The van der Waals surface area contributed by atoms with Crippen molar-refractivity contribution < 1.29 is 4.42 Å². The summed E-state index contributed by atoms with van der Waals surface area (Å²) in [5, 5.41) is 3.36. The van der Waals surface area contributed by atoms with Crippen LogP contribution in [0.25, 0.3) is 0 Å². The third-order valence-corrected chi connectivity index (χ3v) is 3.38. The Morgan fingerprint density at radius 1 is 1.30 bits per heavy atom. The number of rotatable bonds is 4. The number of hydrogen-bond acceptors (Lipinski definition) is 4. The first-order valence-corrected chi connectivity index (χ1v) is 6.89. The molecule has 3 N–H and O–H groups in total. The fourth-order valence-electron chi connectivity index (χ4n) is 2.26. The zero-order valence-electron chi connectivity index (χ0n) is 12.2. The van der Waals surface area contributed by atoms with Crippen LogP contribution in [0.5, 0.6) is 0 Å². The molecule has 0 aromatic carbocycles. The van der Waals surface area contributed by atoms with Gasteiger partial charge in [-0.05, 0) is 45.9 Å². The maximum Gasteiger partial charge on any atom is 0.127 e. The van der Waals surface area contributed by atoms with E-state index in [2.05, 4.69) is 17.2 Å². The van der Waals surface area contributed by atoms with E-state index in [4.69, 9.17) is 22.4 Å². The van der Waals surface area contributed by atoms with E-state index < -0.39 is 0 Å². The van der Waals surface area contributed by atoms with Crippen molar-refractivity contribution in [2.75, 3.05) is 5.32 Å². The second-order valence-electron chi connectivity index (χ2n) is 4.98. The number of hydrogen-bond donors (Lipinski definition) is 2. The lowest BCUT2D eigenvalue weighted by Gasteiger charge is -2.15. The number of furan rings is 1. The van der Waals surface area contributed by atoms with Gasteiger partial charge in [-0.1, -0.05) is 12.2 Å². The normalized spacial score (nSPS) is 12.2. The van der Waals surface area contributed by atoms with Crippen LogP contribution in [0.3, 0.4) is 0 Å². The second kappa shape index (κ2) is 5.63. The zero-order valence-corrected chi connectivity index (χ0v) is 13.0. The molecule has 2 aromatic heterocycles. The minimum Gasteiger partial charge on any atom is -0.466 e. The summed E-state index contributed by atoms with van der Waals surface area (Å²) in [6.45, 7) is 7.90. The number of thiocarbonyl (C=S) groups is 1. The van der Waals surface area contributed by atoms with Crippen molar-refractivity contribution in [1.29, 1.82) is 0 Å². The standard InChI is InChI=1S/C15H19N3OS/c1-8-5-12(15(16)20)7-14(17-8)18-10(3)13-6-9(2)19-11(13)4/h5-7,10H,1-4H3,(H2,16,20)(H,17,18). The molecule has 0 spiro atoms. The number of nitrogens with two attached hydrogens (primary N) is 1. The van der Waals surface area contributed by atoms with Crippen LogP contribution in [-0.4, -0.2) is 9.97 Å². The van der Waals surface area contributed by atoms with E-state index in [0.717, 1.165) is 34.2 Å². The highest BCUT2D eigenvalue weighted by molar-refractivity contribution is 7.80. The first-order chi connectivity index (χ1) is 9.36. The Labute approximate surface area is 124 Å². The molecule has 2 heterocycles. The van der Waals surface area contributed by atoms with Gasteiger partial charge in [-0.25, -0.2) is 4.98 Å². The van der Waals surface area contributed by atoms with Gasteiger partial charge in [0, 0.05) is 16.8 Å². The highest BCUT2D eigenvalue weighted by atomic mass is 32.1. The monoisotopic (exact) mass is 289 g/mol. The summed E-state index contributed by atoms with van der Waals surface area (Å²) >= 11 is 5.02. The lowest BCUT2D eigenvalue weighted by Crippen LogP contribution is -2.13. The summed E-state index contributed by atoms with van der Waals surface area (Å²) in [5.41, 5.74) is 8.51. The predicted molar refractivity (Wildman–Crippen MR) is 85.1 cm³/mol. The molecule has 1 atom stereocenters. The summed E-state index contributed by atoms with van der Waals surface area (Å²) < 4.78 is 5.56. The molecule has 2 aromatic rings. The van der Waals surface area contributed by atoms with Crippen LogP contribution >= 0.6 is 12.2 Å². The molecule has 4 nitrogen and oxygen atoms in total. The van der Waals surface area contributed by atoms with Gasteiger partial charge >= 0.3 is 0 Å². The van der Waals surface area contributed by atoms with Crippen molar-refractivity contribution in [3.05, 3.63) is 46.5 Å². The third-order valence-electron chi connectivity index (χ3n) is 3.15. The first-order valence-electron chi connectivity index (χ1n) is 6.49. The Hall–Kier alpha value is -1.88. The van der Waals surface area contributed by atoms with Gasteiger partial charge in [0.15, 0.2) is 0 Å². The summed E-state index contributed by atoms with van der Waals surface area (Å²) in [5.74, 6) is 2.59. The molecule has 20 heavy (non-hydrogen) atoms. The molecule has 0 aliphatic heterocycles. The minimum absolute atomic E-state index is 0.0981. The van der Waals surface area contributed by atoms with Gasteiger partial charge in [-0.3, -0.25) is 0 Å². The van der Waals surface area contributed by atoms with E-state index in [1.807, 2.05) is 39.0 Å². The molecule has 0 aliphatic rings. The van der Waals surface area contributed by atoms with E-state index in [1.54, 1.807) is 0 Å². The van der Waals surface area contributed by atoms with Crippen molar-refractivity contribution in [3.8, 4) is 0 Å². The van der Waals surface area contributed by atoms with Crippen LogP contribution in [0.15, 0.2) is 22.6 Å². The molecular weight excluding hydrogens is 270 g/mol. The van der Waals surface area contributed by atoms with Crippen LogP contribution in [0.1, 0.15) is 41.3 Å². The molecule has 2 rings (SSSR count). The summed E-state index contributed by atoms with van der Waals surface area (Å²) in [4.78, 5) is 4.84. The molecule has 5 heteroatoms. The number of nitrogens with one attached hydrogen (secondary N) is 1. The van der Waals surface area contributed by atoms with E-state index in [-0.39, 0.29) is 6.04 Å². The average Bonchev–Trinajstić information content (AvgIpc) is 2.67. The van der Waals surface area contributed by atoms with Crippen molar-refractivity contribution >= 4 is 23.0 Å². The zero-order chi connectivity index (χ0) is 14.9. The SMILES string of the molecule is Cc1cc(C(N)=S)cc(NC(C)c2cc(C)oc2C)n1. The molecule has 0 fully saturated rings. The van der Waals surface area contributed by atoms with Gasteiger partial charge in [-0.2, -0.15) is 0 Å². The van der Waals surface area contributed by atoms with Crippen LogP contribution in [-0.2, 0) is 0 Å². The van der Waals surface area contributed by atoms with Crippen molar-refractivity contribution in [3.63, 3.8) is 0 Å². The predicted octanol–water partition coefficient (Wildman–Crippen LogP) is 3.41. The van der Waals surface area contributed by atoms with Gasteiger partial charge in [0.1, 0.15) is 22.3 Å². The van der Waals surface area contributed by atoms with E-state index in [0.29, 0.717) is 4.99 Å². The number of nitrogens with zero attached hydrogens (tertiary/aromatic N) is 1. The average molecular weight is 289 g/mol. The molecule has 0 bridgehead atoms. The fraction of sp³-hybridized carbons (Fsp3) is 0.333. The van der Waals surface area contributed by atoms with E-state index >= 15 is 0 Å². The molecule has 106 valence electrons. The number of aryl methyl sites for hydroxylation is 3. The van der Waals surface area contributed by atoms with Gasteiger partial charge < -0.3 is 15.5 Å². The van der Waals surface area contributed by atoms with Gasteiger partial charge in [-0.15, -0.1) is 0 Å². The van der Waals surface area contributed by atoms with Crippen LogP contribution in [0.4, 0.5) is 5.82 Å². The summed E-state index contributed by atoms with van der Waals surface area (Å²) in [6.07, 6.45) is 0. The molecule has 0 aliphatic carbocycles.